The molecule has 0 aromatic carbocycles. The lowest BCUT2D eigenvalue weighted by Crippen LogP contribution is -2.43. The molecule has 4 nitrogen and oxygen atoms in total. The number of nitrogens with one attached hydrogen (secondary N) is 2. The maximum absolute atomic E-state index is 11.6. The van der Waals surface area contributed by atoms with Gasteiger partial charge < -0.3 is 10.6 Å². The van der Waals surface area contributed by atoms with Gasteiger partial charge in [-0.2, -0.15) is 0 Å². The second-order valence-electron chi connectivity index (χ2n) is 3.77. The Labute approximate surface area is 107 Å². The van der Waals surface area contributed by atoms with Crippen molar-refractivity contribution in [2.75, 3.05) is 18.4 Å². The molecular formula is C10H11BrClN3O. The van der Waals surface area contributed by atoms with Gasteiger partial charge in [0.05, 0.1) is 16.4 Å². The first-order valence-electron chi connectivity index (χ1n) is 4.97. The van der Waals surface area contributed by atoms with Gasteiger partial charge in [-0.05, 0) is 41.0 Å². The molecule has 6 heteroatoms. The van der Waals surface area contributed by atoms with Gasteiger partial charge in [0.2, 0.25) is 5.91 Å². The molecule has 0 aliphatic carbocycles. The molecule has 0 unspecified atom stereocenters. The average molecular weight is 305 g/mol. The largest absolute Gasteiger partial charge is 0.325 e. The molecule has 16 heavy (non-hydrogen) atoms. The first-order chi connectivity index (χ1) is 7.65. The van der Waals surface area contributed by atoms with Gasteiger partial charge in [0.25, 0.3) is 0 Å². The van der Waals surface area contributed by atoms with E-state index in [4.69, 9.17) is 11.6 Å². The fourth-order valence-corrected chi connectivity index (χ4v) is 1.91. The third-order valence-electron chi connectivity index (χ3n) is 2.42. The first-order valence-corrected chi connectivity index (χ1v) is 6.14. The number of carbonyl (C=O) groups excluding carboxylic acids is 1. The molecule has 2 N–H and O–H groups in total. The number of carbonyl (C=O) groups is 1. The number of hydrogen-bond acceptors (Lipinski definition) is 3. The Balaban J connectivity index is 1.92. The predicted octanol–water partition coefficient (Wildman–Crippen LogP) is 2.05. The van der Waals surface area contributed by atoms with E-state index in [0.717, 1.165) is 13.1 Å². The van der Waals surface area contributed by atoms with Crippen LogP contribution in [-0.2, 0) is 4.79 Å². The monoisotopic (exact) mass is 303 g/mol. The van der Waals surface area contributed by atoms with Crippen LogP contribution < -0.4 is 10.6 Å². The molecule has 0 atom stereocenters. The second-order valence-corrected chi connectivity index (χ2v) is 4.99. The summed E-state index contributed by atoms with van der Waals surface area (Å²) in [5.74, 6) is 0.478. The SMILES string of the molecule is O=C(CC1CNC1)Nc1cnc(Cl)c(Br)c1. The molecule has 1 saturated heterocycles. The normalized spacial score (nSPS) is 15.6. The van der Waals surface area contributed by atoms with Gasteiger partial charge >= 0.3 is 0 Å². The molecule has 2 heterocycles. The van der Waals surface area contributed by atoms with Crippen LogP contribution in [0.1, 0.15) is 6.42 Å². The molecule has 0 bridgehead atoms. The third-order valence-corrected chi connectivity index (χ3v) is 3.55. The molecular weight excluding hydrogens is 293 g/mol. The number of pyridine rings is 1. The number of halogens is 2. The fourth-order valence-electron chi connectivity index (χ4n) is 1.46. The summed E-state index contributed by atoms with van der Waals surface area (Å²) >= 11 is 9.01. The van der Waals surface area contributed by atoms with Gasteiger partial charge in [0.1, 0.15) is 5.15 Å². The van der Waals surface area contributed by atoms with Crippen molar-refractivity contribution in [3.63, 3.8) is 0 Å². The summed E-state index contributed by atoms with van der Waals surface area (Å²) in [6.45, 7) is 1.85. The Morgan fingerprint density at radius 2 is 2.44 bits per heavy atom. The van der Waals surface area contributed by atoms with E-state index in [1.807, 2.05) is 0 Å². The van der Waals surface area contributed by atoms with Crippen LogP contribution in [0.15, 0.2) is 16.7 Å². The summed E-state index contributed by atoms with van der Waals surface area (Å²) in [5, 5.41) is 6.31. The van der Waals surface area contributed by atoms with Gasteiger partial charge in [-0.25, -0.2) is 4.98 Å². The van der Waals surface area contributed by atoms with E-state index < -0.39 is 0 Å². The predicted molar refractivity (Wildman–Crippen MR) is 66.6 cm³/mol. The van der Waals surface area contributed by atoms with Gasteiger partial charge in [-0.15, -0.1) is 0 Å². The molecule has 0 spiro atoms. The maximum atomic E-state index is 11.6. The van der Waals surface area contributed by atoms with Crippen molar-refractivity contribution in [2.24, 2.45) is 5.92 Å². The van der Waals surface area contributed by atoms with E-state index in [-0.39, 0.29) is 5.91 Å². The van der Waals surface area contributed by atoms with E-state index in [2.05, 4.69) is 31.5 Å². The van der Waals surface area contributed by atoms with E-state index in [1.54, 1.807) is 12.3 Å². The summed E-state index contributed by atoms with van der Waals surface area (Å²) in [6.07, 6.45) is 2.09. The van der Waals surface area contributed by atoms with Crippen LogP contribution in [0.5, 0.6) is 0 Å². The minimum Gasteiger partial charge on any atom is -0.325 e. The van der Waals surface area contributed by atoms with Crippen molar-refractivity contribution >= 4 is 39.1 Å². The summed E-state index contributed by atoms with van der Waals surface area (Å²) in [6, 6.07) is 1.74. The van der Waals surface area contributed by atoms with E-state index >= 15 is 0 Å². The summed E-state index contributed by atoms with van der Waals surface area (Å²) in [5.41, 5.74) is 0.661. The summed E-state index contributed by atoms with van der Waals surface area (Å²) in [7, 11) is 0. The van der Waals surface area contributed by atoms with Crippen LogP contribution in [-0.4, -0.2) is 24.0 Å². The van der Waals surface area contributed by atoms with Crippen LogP contribution >= 0.6 is 27.5 Å². The lowest BCUT2D eigenvalue weighted by molar-refractivity contribution is -0.117. The van der Waals surface area contributed by atoms with Gasteiger partial charge in [-0.1, -0.05) is 11.6 Å². The molecule has 1 aromatic heterocycles. The number of anilines is 1. The van der Waals surface area contributed by atoms with Crippen LogP contribution in [0.3, 0.4) is 0 Å². The maximum Gasteiger partial charge on any atom is 0.224 e. The molecule has 1 aliphatic heterocycles. The summed E-state index contributed by atoms with van der Waals surface area (Å²) in [4.78, 5) is 15.5. The van der Waals surface area contributed by atoms with Crippen LogP contribution in [0.2, 0.25) is 5.15 Å². The van der Waals surface area contributed by atoms with E-state index in [1.165, 1.54) is 0 Å². The topological polar surface area (TPSA) is 54.0 Å². The summed E-state index contributed by atoms with van der Waals surface area (Å²) < 4.78 is 0.678. The standard InChI is InChI=1S/C10H11BrClN3O/c11-8-2-7(5-14-10(8)12)15-9(16)1-6-3-13-4-6/h2,5-6,13H,1,3-4H2,(H,15,16). The Morgan fingerprint density at radius 1 is 1.69 bits per heavy atom. The number of rotatable bonds is 3. The molecule has 2 rings (SSSR count). The molecule has 0 saturated carbocycles. The molecule has 86 valence electrons. The molecule has 1 aliphatic rings. The van der Waals surface area contributed by atoms with Crippen molar-refractivity contribution in [3.8, 4) is 0 Å². The van der Waals surface area contributed by atoms with Crippen molar-refractivity contribution in [1.29, 1.82) is 0 Å². The van der Waals surface area contributed by atoms with Gasteiger partial charge in [-0.3, -0.25) is 4.79 Å². The third kappa shape index (κ3) is 2.93. The first kappa shape index (κ1) is 11.8. The highest BCUT2D eigenvalue weighted by molar-refractivity contribution is 9.10. The van der Waals surface area contributed by atoms with Crippen LogP contribution in [0.4, 0.5) is 5.69 Å². The van der Waals surface area contributed by atoms with Crippen molar-refractivity contribution in [1.82, 2.24) is 10.3 Å². The minimum atomic E-state index is 0.0162. The quantitative estimate of drug-likeness (QED) is 0.840. The highest BCUT2D eigenvalue weighted by Crippen LogP contribution is 2.23. The Bertz CT molecular complexity index is 409. The molecule has 1 amide bonds. The van der Waals surface area contributed by atoms with Crippen LogP contribution in [0.25, 0.3) is 0 Å². The lowest BCUT2D eigenvalue weighted by Gasteiger charge is -2.26. The second kappa shape index (κ2) is 5.12. The zero-order valence-corrected chi connectivity index (χ0v) is 10.8. The number of amides is 1. The van der Waals surface area contributed by atoms with Gasteiger partial charge in [0.15, 0.2) is 0 Å². The Morgan fingerprint density at radius 3 is 3.00 bits per heavy atom. The Kier molecular flexibility index (Phi) is 3.78. The Hall–Kier alpha value is -0.650. The fraction of sp³-hybridized carbons (Fsp3) is 0.400. The van der Waals surface area contributed by atoms with Crippen LogP contribution in [0, 0.1) is 5.92 Å². The number of hydrogen-bond donors (Lipinski definition) is 2. The molecule has 0 radical (unpaired) electrons. The molecule has 1 aromatic rings. The zero-order valence-electron chi connectivity index (χ0n) is 8.46. The van der Waals surface area contributed by atoms with Crippen molar-refractivity contribution in [3.05, 3.63) is 21.9 Å². The smallest absolute Gasteiger partial charge is 0.224 e. The highest BCUT2D eigenvalue weighted by atomic mass is 79.9. The van der Waals surface area contributed by atoms with Crippen molar-refractivity contribution < 1.29 is 4.79 Å². The number of aromatic nitrogens is 1. The van der Waals surface area contributed by atoms with E-state index in [0.29, 0.717) is 27.7 Å². The minimum absolute atomic E-state index is 0.0162. The van der Waals surface area contributed by atoms with Crippen molar-refractivity contribution in [2.45, 2.75) is 6.42 Å². The highest BCUT2D eigenvalue weighted by Gasteiger charge is 2.20. The lowest BCUT2D eigenvalue weighted by atomic mass is 9.99. The van der Waals surface area contributed by atoms with Gasteiger partial charge in [0, 0.05) is 6.42 Å². The number of nitrogens with zero attached hydrogens (tertiary/aromatic N) is 1. The zero-order chi connectivity index (χ0) is 11.5. The molecule has 1 fully saturated rings. The van der Waals surface area contributed by atoms with E-state index in [9.17, 15) is 4.79 Å². The average Bonchev–Trinajstić information content (AvgIpc) is 2.18.